The summed E-state index contributed by atoms with van der Waals surface area (Å²) in [6, 6.07) is 3.51. The van der Waals surface area contributed by atoms with Crippen LogP contribution in [-0.4, -0.2) is 0 Å². The van der Waals surface area contributed by atoms with Gasteiger partial charge in [0, 0.05) is 0 Å². The Labute approximate surface area is 51.8 Å². The van der Waals surface area contributed by atoms with Gasteiger partial charge in [-0.05, 0) is 12.1 Å². The summed E-state index contributed by atoms with van der Waals surface area (Å²) in [4.78, 5) is 9.50. The van der Waals surface area contributed by atoms with Gasteiger partial charge in [-0.3, -0.25) is 5.43 Å². The maximum atomic E-state index is 9.50. The summed E-state index contributed by atoms with van der Waals surface area (Å²) in [7, 11) is 0. The molecule has 1 aromatic rings. The summed E-state index contributed by atoms with van der Waals surface area (Å²) in [5.74, 6) is 0.703. The van der Waals surface area contributed by atoms with Gasteiger partial charge in [-0.2, -0.15) is 0 Å². The molecule has 0 fully saturated rings. The van der Waals surface area contributed by atoms with Crippen LogP contribution in [0.2, 0.25) is 0 Å². The van der Waals surface area contributed by atoms with Gasteiger partial charge in [-0.1, -0.05) is 0 Å². The van der Waals surface area contributed by atoms with Crippen molar-refractivity contribution in [3.63, 3.8) is 0 Å². The fourth-order valence-electron chi connectivity index (χ4n) is 0.523. The van der Waals surface area contributed by atoms with Gasteiger partial charge in [0.05, 0.1) is 18.1 Å². The molecule has 0 saturated heterocycles. The van der Waals surface area contributed by atoms with E-state index in [2.05, 4.69) is 10.7 Å². The number of hydrogen-bond donors (Lipinski definition) is 1. The SMILES string of the molecule is O=NNCc1ccco1. The Morgan fingerprint density at radius 1 is 1.78 bits per heavy atom. The second kappa shape index (κ2) is 2.86. The summed E-state index contributed by atoms with van der Waals surface area (Å²) in [5, 5.41) is 2.45. The Bertz CT molecular complexity index is 171. The van der Waals surface area contributed by atoms with Crippen LogP contribution in [0, 0.1) is 4.91 Å². The predicted octanol–water partition coefficient (Wildman–Crippen LogP) is 1.05. The zero-order valence-corrected chi connectivity index (χ0v) is 4.70. The second-order valence-corrected chi connectivity index (χ2v) is 1.51. The Morgan fingerprint density at radius 3 is 3.22 bits per heavy atom. The highest BCUT2D eigenvalue weighted by Crippen LogP contribution is 1.97. The lowest BCUT2D eigenvalue weighted by Gasteiger charge is -1.88. The summed E-state index contributed by atoms with van der Waals surface area (Å²) >= 11 is 0. The molecule has 0 spiro atoms. The zero-order chi connectivity index (χ0) is 6.53. The van der Waals surface area contributed by atoms with Gasteiger partial charge < -0.3 is 4.42 Å². The van der Waals surface area contributed by atoms with Crippen molar-refractivity contribution in [1.29, 1.82) is 0 Å². The monoisotopic (exact) mass is 126 g/mol. The summed E-state index contributed by atoms with van der Waals surface area (Å²) in [5.41, 5.74) is 2.23. The van der Waals surface area contributed by atoms with Gasteiger partial charge in [-0.15, -0.1) is 4.91 Å². The minimum atomic E-state index is 0.358. The van der Waals surface area contributed by atoms with E-state index in [1.165, 1.54) is 0 Å². The third kappa shape index (κ3) is 1.56. The van der Waals surface area contributed by atoms with Crippen LogP contribution in [0.4, 0.5) is 0 Å². The van der Waals surface area contributed by atoms with Gasteiger partial charge in [-0.25, -0.2) is 0 Å². The van der Waals surface area contributed by atoms with Crippen molar-refractivity contribution < 1.29 is 4.42 Å². The van der Waals surface area contributed by atoms with Crippen molar-refractivity contribution in [2.24, 2.45) is 5.29 Å². The molecule has 4 heteroatoms. The third-order valence-corrected chi connectivity index (χ3v) is 0.898. The molecule has 0 radical (unpaired) electrons. The van der Waals surface area contributed by atoms with Crippen LogP contribution >= 0.6 is 0 Å². The van der Waals surface area contributed by atoms with Crippen molar-refractivity contribution in [3.8, 4) is 0 Å². The van der Waals surface area contributed by atoms with E-state index in [0.29, 0.717) is 12.3 Å². The molecule has 0 bridgehead atoms. The van der Waals surface area contributed by atoms with E-state index in [1.54, 1.807) is 18.4 Å². The molecule has 1 N–H and O–H groups in total. The molecular formula is C5H6N2O2. The third-order valence-electron chi connectivity index (χ3n) is 0.898. The Morgan fingerprint density at radius 2 is 2.67 bits per heavy atom. The van der Waals surface area contributed by atoms with Crippen LogP contribution in [0.25, 0.3) is 0 Å². The minimum absolute atomic E-state index is 0.358. The van der Waals surface area contributed by atoms with E-state index in [9.17, 15) is 4.91 Å². The molecule has 1 aromatic heterocycles. The molecule has 9 heavy (non-hydrogen) atoms. The van der Waals surface area contributed by atoms with Gasteiger partial charge in [0.15, 0.2) is 0 Å². The van der Waals surface area contributed by atoms with Crippen LogP contribution in [-0.2, 0) is 6.54 Å². The van der Waals surface area contributed by atoms with Crippen LogP contribution in [0.3, 0.4) is 0 Å². The smallest absolute Gasteiger partial charge is 0.124 e. The quantitative estimate of drug-likeness (QED) is 0.486. The fourth-order valence-corrected chi connectivity index (χ4v) is 0.523. The first-order valence-electron chi connectivity index (χ1n) is 2.51. The topological polar surface area (TPSA) is 54.6 Å². The van der Waals surface area contributed by atoms with E-state index in [4.69, 9.17) is 4.42 Å². The maximum Gasteiger partial charge on any atom is 0.124 e. The van der Waals surface area contributed by atoms with E-state index in [1.807, 2.05) is 0 Å². The molecule has 4 nitrogen and oxygen atoms in total. The molecule has 1 heterocycles. The summed E-state index contributed by atoms with van der Waals surface area (Å²) < 4.78 is 4.87. The van der Waals surface area contributed by atoms with Gasteiger partial charge in [0.25, 0.3) is 0 Å². The molecule has 0 aliphatic carbocycles. The Kier molecular flexibility index (Phi) is 1.85. The number of nitrogens with zero attached hydrogens (tertiary/aromatic N) is 1. The minimum Gasteiger partial charge on any atom is -0.467 e. The average Bonchev–Trinajstić information content (AvgIpc) is 2.34. The Balaban J connectivity index is 2.38. The summed E-state index contributed by atoms with van der Waals surface area (Å²) in [6.07, 6.45) is 1.54. The molecule has 1 rings (SSSR count). The van der Waals surface area contributed by atoms with E-state index < -0.39 is 0 Å². The number of furan rings is 1. The molecular weight excluding hydrogens is 120 g/mol. The normalized spacial score (nSPS) is 8.89. The number of nitrogens with one attached hydrogen (secondary N) is 1. The van der Waals surface area contributed by atoms with E-state index >= 15 is 0 Å². The first kappa shape index (κ1) is 5.81. The van der Waals surface area contributed by atoms with Gasteiger partial charge in [0.1, 0.15) is 5.76 Å². The first-order chi connectivity index (χ1) is 4.43. The van der Waals surface area contributed by atoms with Crippen molar-refractivity contribution in [1.82, 2.24) is 5.43 Å². The van der Waals surface area contributed by atoms with Crippen LogP contribution < -0.4 is 5.43 Å². The highest BCUT2D eigenvalue weighted by Gasteiger charge is 1.90. The molecule has 0 aliphatic heterocycles. The lowest BCUT2D eigenvalue weighted by molar-refractivity contribution is 0.487. The molecule has 0 aromatic carbocycles. The molecule has 0 saturated carbocycles. The summed E-state index contributed by atoms with van der Waals surface area (Å²) in [6.45, 7) is 0.358. The van der Waals surface area contributed by atoms with E-state index in [-0.39, 0.29) is 0 Å². The Hall–Kier alpha value is -1.32. The molecule has 0 aliphatic rings. The van der Waals surface area contributed by atoms with Gasteiger partial charge in [0.2, 0.25) is 0 Å². The highest BCUT2D eigenvalue weighted by atomic mass is 16.3. The average molecular weight is 126 g/mol. The largest absolute Gasteiger partial charge is 0.467 e. The number of hydrogen-bond acceptors (Lipinski definition) is 3. The lowest BCUT2D eigenvalue weighted by atomic mass is 10.5. The van der Waals surface area contributed by atoms with Gasteiger partial charge >= 0.3 is 0 Å². The first-order valence-corrected chi connectivity index (χ1v) is 2.51. The lowest BCUT2D eigenvalue weighted by Crippen LogP contribution is -2.01. The fraction of sp³-hybridized carbons (Fsp3) is 0.200. The molecule has 48 valence electrons. The van der Waals surface area contributed by atoms with Crippen molar-refractivity contribution >= 4 is 0 Å². The van der Waals surface area contributed by atoms with Crippen molar-refractivity contribution in [2.75, 3.05) is 0 Å². The maximum absolute atomic E-state index is 9.50. The van der Waals surface area contributed by atoms with Crippen molar-refractivity contribution in [2.45, 2.75) is 6.54 Å². The predicted molar refractivity (Wildman–Crippen MR) is 31.3 cm³/mol. The highest BCUT2D eigenvalue weighted by molar-refractivity contribution is 4.96. The van der Waals surface area contributed by atoms with Crippen LogP contribution in [0.1, 0.15) is 5.76 Å². The molecule has 0 unspecified atom stereocenters. The van der Waals surface area contributed by atoms with Crippen LogP contribution in [0.5, 0.6) is 0 Å². The number of nitroso groups, excluding NO2 is 1. The van der Waals surface area contributed by atoms with Crippen molar-refractivity contribution in [3.05, 3.63) is 29.1 Å². The standard InChI is InChI=1S/C5H6N2O2/c8-7-6-4-5-2-1-3-9-5/h1-3H,4H2,(H,6,8). The zero-order valence-electron chi connectivity index (χ0n) is 4.70. The number of rotatable bonds is 3. The van der Waals surface area contributed by atoms with Crippen LogP contribution in [0.15, 0.2) is 28.1 Å². The molecule has 0 atom stereocenters. The molecule has 0 amide bonds. The van der Waals surface area contributed by atoms with E-state index in [0.717, 1.165) is 0 Å². The second-order valence-electron chi connectivity index (χ2n) is 1.51.